The number of aryl methyl sites for hydroxylation is 4. The van der Waals surface area contributed by atoms with Gasteiger partial charge in [0.25, 0.3) is 0 Å². The standard InChI is InChI=1S/C8H10.C7H7F.C7H8/c1-7-5-3-4-6-8(7)2;1-6-2-4-7(8)5-3-6;1-7-5-3-2-4-6-7/h3-6H,1-2H3;2-5H,1H3;2-6H,1H3. The molecule has 0 N–H and O–H groups in total. The van der Waals surface area contributed by atoms with Crippen LogP contribution in [0.3, 0.4) is 0 Å². The van der Waals surface area contributed by atoms with Crippen LogP contribution >= 0.6 is 0 Å². The number of rotatable bonds is 0. The lowest BCUT2D eigenvalue weighted by molar-refractivity contribution is 0.627. The summed E-state index contributed by atoms with van der Waals surface area (Å²) in [5, 5.41) is 0. The molecule has 0 spiro atoms. The number of benzene rings is 3. The maximum atomic E-state index is 12.1. The van der Waals surface area contributed by atoms with Crippen molar-refractivity contribution in [1.29, 1.82) is 0 Å². The maximum absolute atomic E-state index is 12.1. The Balaban J connectivity index is 0.000000173. The zero-order chi connectivity index (χ0) is 17.1. The van der Waals surface area contributed by atoms with Crippen LogP contribution in [-0.4, -0.2) is 0 Å². The summed E-state index contributed by atoms with van der Waals surface area (Å²) < 4.78 is 12.1. The molecule has 0 aliphatic carbocycles. The van der Waals surface area contributed by atoms with Gasteiger partial charge in [-0.05, 0) is 51.0 Å². The third-order valence-electron chi connectivity index (χ3n) is 3.38. The molecule has 120 valence electrons. The molecule has 3 rings (SSSR count). The van der Waals surface area contributed by atoms with Crippen LogP contribution in [0.15, 0.2) is 78.9 Å². The summed E-state index contributed by atoms with van der Waals surface area (Å²) in [5.41, 5.74) is 5.15. The van der Waals surface area contributed by atoms with Gasteiger partial charge in [-0.1, -0.05) is 77.9 Å². The molecule has 0 unspecified atom stereocenters. The van der Waals surface area contributed by atoms with Crippen molar-refractivity contribution >= 4 is 0 Å². The number of halogens is 1. The Bertz CT molecular complexity index is 628. The maximum Gasteiger partial charge on any atom is 0.123 e. The second-order valence-corrected chi connectivity index (χ2v) is 5.53. The Morgan fingerprint density at radius 3 is 1.17 bits per heavy atom. The SMILES string of the molecule is Cc1ccc(F)cc1.Cc1ccccc1.Cc1ccccc1C. The fourth-order valence-corrected chi connectivity index (χ4v) is 1.73. The highest BCUT2D eigenvalue weighted by Gasteiger charge is 1.84. The first-order valence-corrected chi connectivity index (χ1v) is 7.75. The fourth-order valence-electron chi connectivity index (χ4n) is 1.73. The molecule has 0 bridgehead atoms. The molecule has 1 heteroatoms. The Hall–Kier alpha value is -2.41. The van der Waals surface area contributed by atoms with Crippen LogP contribution in [0, 0.1) is 33.5 Å². The zero-order valence-corrected chi connectivity index (χ0v) is 14.4. The summed E-state index contributed by atoms with van der Waals surface area (Å²) in [6.07, 6.45) is 0. The lowest BCUT2D eigenvalue weighted by Crippen LogP contribution is -1.74. The summed E-state index contributed by atoms with van der Waals surface area (Å²) in [6, 6.07) is 25.0. The molecular formula is C22H25F. The molecule has 0 atom stereocenters. The molecule has 3 aromatic carbocycles. The Morgan fingerprint density at radius 1 is 0.478 bits per heavy atom. The van der Waals surface area contributed by atoms with Gasteiger partial charge in [-0.25, -0.2) is 4.39 Å². The predicted molar refractivity (Wildman–Crippen MR) is 98.2 cm³/mol. The molecule has 0 fully saturated rings. The van der Waals surface area contributed by atoms with Crippen molar-refractivity contribution in [2.75, 3.05) is 0 Å². The normalized spacial score (nSPS) is 9.09. The van der Waals surface area contributed by atoms with E-state index in [1.165, 1.54) is 28.8 Å². The molecular weight excluding hydrogens is 283 g/mol. The van der Waals surface area contributed by atoms with Crippen LogP contribution in [0.2, 0.25) is 0 Å². The van der Waals surface area contributed by atoms with Crippen molar-refractivity contribution in [2.24, 2.45) is 0 Å². The molecule has 0 nitrogen and oxygen atoms in total. The average Bonchev–Trinajstić information content (AvgIpc) is 2.55. The molecule has 0 saturated carbocycles. The number of hydrogen-bond acceptors (Lipinski definition) is 0. The van der Waals surface area contributed by atoms with Gasteiger partial charge < -0.3 is 0 Å². The fraction of sp³-hybridized carbons (Fsp3) is 0.182. The Morgan fingerprint density at radius 2 is 0.870 bits per heavy atom. The minimum absolute atomic E-state index is 0.171. The van der Waals surface area contributed by atoms with Gasteiger partial charge in [-0.2, -0.15) is 0 Å². The van der Waals surface area contributed by atoms with E-state index in [1.807, 2.05) is 25.1 Å². The second-order valence-electron chi connectivity index (χ2n) is 5.53. The molecule has 3 aromatic rings. The van der Waals surface area contributed by atoms with E-state index in [9.17, 15) is 4.39 Å². The smallest absolute Gasteiger partial charge is 0.123 e. The van der Waals surface area contributed by atoms with Crippen molar-refractivity contribution in [2.45, 2.75) is 27.7 Å². The Kier molecular flexibility index (Phi) is 8.38. The first-order valence-electron chi connectivity index (χ1n) is 7.75. The molecule has 0 radical (unpaired) electrons. The van der Waals surface area contributed by atoms with E-state index >= 15 is 0 Å². The van der Waals surface area contributed by atoms with Crippen LogP contribution in [0.1, 0.15) is 22.3 Å². The van der Waals surface area contributed by atoms with Gasteiger partial charge >= 0.3 is 0 Å². The van der Waals surface area contributed by atoms with Gasteiger partial charge in [0.2, 0.25) is 0 Å². The third kappa shape index (κ3) is 8.57. The largest absolute Gasteiger partial charge is 0.207 e. The lowest BCUT2D eigenvalue weighted by atomic mass is 10.1. The molecule has 0 aromatic heterocycles. The zero-order valence-electron chi connectivity index (χ0n) is 14.4. The van der Waals surface area contributed by atoms with Gasteiger partial charge in [-0.3, -0.25) is 0 Å². The molecule has 0 aliphatic rings. The minimum atomic E-state index is -0.171. The van der Waals surface area contributed by atoms with E-state index in [0.29, 0.717) is 0 Å². The molecule has 0 amide bonds. The van der Waals surface area contributed by atoms with Gasteiger partial charge in [0.1, 0.15) is 5.82 Å². The van der Waals surface area contributed by atoms with E-state index in [4.69, 9.17) is 0 Å². The first-order chi connectivity index (χ1) is 11.0. The quantitative estimate of drug-likeness (QED) is 0.449. The van der Waals surface area contributed by atoms with Crippen LogP contribution < -0.4 is 0 Å². The topological polar surface area (TPSA) is 0 Å². The van der Waals surface area contributed by atoms with Crippen molar-refractivity contribution in [3.63, 3.8) is 0 Å². The minimum Gasteiger partial charge on any atom is -0.207 e. The first kappa shape index (κ1) is 18.6. The summed E-state index contributed by atoms with van der Waals surface area (Å²) in [7, 11) is 0. The summed E-state index contributed by atoms with van der Waals surface area (Å²) in [4.78, 5) is 0. The van der Waals surface area contributed by atoms with E-state index in [0.717, 1.165) is 5.56 Å². The second kappa shape index (κ2) is 10.3. The summed E-state index contributed by atoms with van der Waals surface area (Å²) >= 11 is 0. The molecule has 23 heavy (non-hydrogen) atoms. The van der Waals surface area contributed by atoms with Crippen molar-refractivity contribution in [1.82, 2.24) is 0 Å². The van der Waals surface area contributed by atoms with E-state index in [-0.39, 0.29) is 5.82 Å². The molecule has 0 saturated heterocycles. The lowest BCUT2D eigenvalue weighted by Gasteiger charge is -1.93. The van der Waals surface area contributed by atoms with Gasteiger partial charge in [0.05, 0.1) is 0 Å². The predicted octanol–water partition coefficient (Wildman–Crippen LogP) is 6.43. The van der Waals surface area contributed by atoms with Crippen molar-refractivity contribution < 1.29 is 4.39 Å². The van der Waals surface area contributed by atoms with E-state index in [1.54, 1.807) is 12.1 Å². The van der Waals surface area contributed by atoms with Crippen LogP contribution in [0.25, 0.3) is 0 Å². The van der Waals surface area contributed by atoms with Crippen LogP contribution in [0.5, 0.6) is 0 Å². The summed E-state index contributed by atoms with van der Waals surface area (Å²) in [5.74, 6) is -0.171. The Labute approximate surface area is 139 Å². The summed E-state index contributed by atoms with van der Waals surface area (Å²) in [6.45, 7) is 8.25. The van der Waals surface area contributed by atoms with Crippen LogP contribution in [-0.2, 0) is 0 Å². The van der Waals surface area contributed by atoms with Gasteiger partial charge in [0.15, 0.2) is 0 Å². The highest BCUT2D eigenvalue weighted by molar-refractivity contribution is 5.23. The number of hydrogen-bond donors (Lipinski definition) is 0. The highest BCUT2D eigenvalue weighted by atomic mass is 19.1. The van der Waals surface area contributed by atoms with Crippen LogP contribution in [0.4, 0.5) is 4.39 Å². The molecule has 0 heterocycles. The highest BCUT2D eigenvalue weighted by Crippen LogP contribution is 2.02. The van der Waals surface area contributed by atoms with E-state index in [2.05, 4.69) is 57.2 Å². The van der Waals surface area contributed by atoms with Crippen molar-refractivity contribution in [3.8, 4) is 0 Å². The van der Waals surface area contributed by atoms with E-state index < -0.39 is 0 Å². The average molecular weight is 308 g/mol. The third-order valence-corrected chi connectivity index (χ3v) is 3.38. The van der Waals surface area contributed by atoms with Crippen molar-refractivity contribution in [3.05, 3.63) is 107 Å². The van der Waals surface area contributed by atoms with Gasteiger partial charge in [-0.15, -0.1) is 0 Å². The monoisotopic (exact) mass is 308 g/mol. The molecule has 0 aliphatic heterocycles. The van der Waals surface area contributed by atoms with Gasteiger partial charge in [0, 0.05) is 0 Å².